The molecule has 0 radical (unpaired) electrons. The molecular formula is C23H28N4O4S. The van der Waals surface area contributed by atoms with Crippen LogP contribution < -0.4 is 14.8 Å². The summed E-state index contributed by atoms with van der Waals surface area (Å²) in [5, 5.41) is 12.3. The van der Waals surface area contributed by atoms with Crippen LogP contribution in [0.4, 0.5) is 0 Å². The molecule has 1 aromatic heterocycles. The molecule has 8 nitrogen and oxygen atoms in total. The minimum Gasteiger partial charge on any atom is -0.493 e. The molecule has 0 aliphatic carbocycles. The molecule has 0 fully saturated rings. The van der Waals surface area contributed by atoms with Gasteiger partial charge in [-0.25, -0.2) is 0 Å². The number of carbonyl (C=O) groups excluding carboxylic acids is 1. The predicted molar refractivity (Wildman–Crippen MR) is 124 cm³/mol. The summed E-state index contributed by atoms with van der Waals surface area (Å²) >= 11 is 1.35. The zero-order valence-corrected chi connectivity index (χ0v) is 19.6. The third-order valence-electron chi connectivity index (χ3n) is 4.78. The summed E-state index contributed by atoms with van der Waals surface area (Å²) in [4.78, 5) is 12.4. The lowest BCUT2D eigenvalue weighted by Gasteiger charge is -2.11. The summed E-state index contributed by atoms with van der Waals surface area (Å²) in [6.07, 6.45) is 0. The van der Waals surface area contributed by atoms with Crippen LogP contribution in [0.3, 0.4) is 0 Å². The van der Waals surface area contributed by atoms with Gasteiger partial charge in [-0.2, -0.15) is 0 Å². The van der Waals surface area contributed by atoms with Gasteiger partial charge in [0.25, 0.3) is 0 Å². The van der Waals surface area contributed by atoms with E-state index in [4.69, 9.17) is 14.2 Å². The number of nitrogens with zero attached hydrogens (tertiary/aromatic N) is 3. The molecule has 9 heteroatoms. The van der Waals surface area contributed by atoms with E-state index in [1.54, 1.807) is 21.3 Å². The van der Waals surface area contributed by atoms with Crippen LogP contribution >= 0.6 is 11.8 Å². The lowest BCUT2D eigenvalue weighted by atomic mass is 10.1. The van der Waals surface area contributed by atoms with Crippen LogP contribution in [-0.2, 0) is 22.6 Å². The lowest BCUT2D eigenvalue weighted by Crippen LogP contribution is -2.24. The maximum Gasteiger partial charge on any atom is 0.230 e. The summed E-state index contributed by atoms with van der Waals surface area (Å²) < 4.78 is 17.8. The average Bonchev–Trinajstić information content (AvgIpc) is 3.22. The second-order valence-corrected chi connectivity index (χ2v) is 8.02. The molecule has 0 bridgehead atoms. The van der Waals surface area contributed by atoms with Gasteiger partial charge in [0, 0.05) is 19.2 Å². The zero-order valence-electron chi connectivity index (χ0n) is 18.8. The number of amides is 1. The molecule has 1 heterocycles. The van der Waals surface area contributed by atoms with Gasteiger partial charge in [0.05, 0.1) is 33.1 Å². The molecule has 0 aliphatic heterocycles. The van der Waals surface area contributed by atoms with Crippen molar-refractivity contribution >= 4 is 17.7 Å². The second-order valence-electron chi connectivity index (χ2n) is 7.07. The Labute approximate surface area is 192 Å². The molecule has 0 saturated carbocycles. The number of benzene rings is 2. The van der Waals surface area contributed by atoms with E-state index in [1.807, 2.05) is 47.9 Å². The van der Waals surface area contributed by atoms with Crippen molar-refractivity contribution < 1.29 is 19.0 Å². The van der Waals surface area contributed by atoms with Crippen molar-refractivity contribution in [1.82, 2.24) is 20.1 Å². The monoisotopic (exact) mass is 456 g/mol. The van der Waals surface area contributed by atoms with Crippen LogP contribution in [0.2, 0.25) is 0 Å². The van der Waals surface area contributed by atoms with E-state index >= 15 is 0 Å². The first-order chi connectivity index (χ1) is 15.5. The molecule has 3 rings (SSSR count). The molecular weight excluding hydrogens is 428 g/mol. The maximum atomic E-state index is 12.4. The summed E-state index contributed by atoms with van der Waals surface area (Å²) in [6, 6.07) is 13.7. The van der Waals surface area contributed by atoms with Gasteiger partial charge in [-0.15, -0.1) is 10.2 Å². The van der Waals surface area contributed by atoms with E-state index in [2.05, 4.69) is 21.6 Å². The van der Waals surface area contributed by atoms with E-state index in [0.717, 1.165) is 22.5 Å². The highest BCUT2D eigenvalue weighted by molar-refractivity contribution is 7.99. The summed E-state index contributed by atoms with van der Waals surface area (Å²) in [7, 11) is 4.83. The number of thioether (sulfide) groups is 1. The van der Waals surface area contributed by atoms with E-state index in [-0.39, 0.29) is 11.7 Å². The third-order valence-corrected chi connectivity index (χ3v) is 5.75. The van der Waals surface area contributed by atoms with Gasteiger partial charge in [0.1, 0.15) is 0 Å². The largest absolute Gasteiger partial charge is 0.493 e. The Bertz CT molecular complexity index is 1050. The van der Waals surface area contributed by atoms with Crippen LogP contribution in [0, 0.1) is 6.92 Å². The first kappa shape index (κ1) is 23.6. The van der Waals surface area contributed by atoms with Gasteiger partial charge in [-0.1, -0.05) is 41.6 Å². The molecule has 1 N–H and O–H groups in total. The molecule has 32 heavy (non-hydrogen) atoms. The molecule has 0 atom stereocenters. The topological polar surface area (TPSA) is 87.5 Å². The quantitative estimate of drug-likeness (QED) is 0.443. The lowest BCUT2D eigenvalue weighted by molar-refractivity contribution is -0.118. The predicted octanol–water partition coefficient (Wildman–Crippen LogP) is 3.33. The molecule has 0 unspecified atom stereocenters. The summed E-state index contributed by atoms with van der Waals surface area (Å²) in [6.45, 7) is 3.56. The van der Waals surface area contributed by atoms with Crippen molar-refractivity contribution in [3.63, 3.8) is 0 Å². The number of carbonyl (C=O) groups is 1. The van der Waals surface area contributed by atoms with Crippen molar-refractivity contribution in [2.24, 2.45) is 0 Å². The molecule has 0 spiro atoms. The highest BCUT2D eigenvalue weighted by Crippen LogP contribution is 2.28. The van der Waals surface area contributed by atoms with E-state index in [1.165, 1.54) is 11.8 Å². The van der Waals surface area contributed by atoms with Crippen molar-refractivity contribution in [1.29, 1.82) is 0 Å². The van der Waals surface area contributed by atoms with Gasteiger partial charge < -0.3 is 19.5 Å². The van der Waals surface area contributed by atoms with E-state index in [9.17, 15) is 4.79 Å². The normalized spacial score (nSPS) is 10.8. The average molecular weight is 457 g/mol. The smallest absolute Gasteiger partial charge is 0.230 e. The van der Waals surface area contributed by atoms with Gasteiger partial charge in [-0.05, 0) is 30.7 Å². The van der Waals surface area contributed by atoms with Crippen molar-refractivity contribution in [3.05, 3.63) is 53.6 Å². The number of nitrogens with one attached hydrogen (secondary N) is 1. The standard InChI is InChI=1S/C23H28N4O4S/c1-16-6-5-7-18(12-16)22-25-26-23(27(22)10-11-29-2)32-15-21(28)24-14-17-8-9-19(30-3)20(13-17)31-4/h5-9,12-13H,10-11,14-15H2,1-4H3,(H,24,28). The fourth-order valence-electron chi connectivity index (χ4n) is 3.15. The summed E-state index contributed by atoms with van der Waals surface area (Å²) in [5.41, 5.74) is 3.05. The molecule has 170 valence electrons. The van der Waals surface area contributed by atoms with Gasteiger partial charge >= 0.3 is 0 Å². The number of methoxy groups -OCH3 is 3. The van der Waals surface area contributed by atoms with Crippen LogP contribution in [0.15, 0.2) is 47.6 Å². The Morgan fingerprint density at radius 1 is 1.06 bits per heavy atom. The van der Waals surface area contributed by atoms with Crippen LogP contribution in [0.25, 0.3) is 11.4 Å². The molecule has 0 saturated heterocycles. The third kappa shape index (κ3) is 6.02. The van der Waals surface area contributed by atoms with Crippen molar-refractivity contribution in [3.8, 4) is 22.9 Å². The maximum absolute atomic E-state index is 12.4. The first-order valence-electron chi connectivity index (χ1n) is 10.1. The van der Waals surface area contributed by atoms with Crippen LogP contribution in [0.5, 0.6) is 11.5 Å². The Morgan fingerprint density at radius 3 is 2.59 bits per heavy atom. The number of ether oxygens (including phenoxy) is 3. The van der Waals surface area contributed by atoms with Gasteiger partial charge in [0.15, 0.2) is 22.5 Å². The highest BCUT2D eigenvalue weighted by Gasteiger charge is 2.16. The second kappa shape index (κ2) is 11.5. The Hall–Kier alpha value is -3.04. The summed E-state index contributed by atoms with van der Waals surface area (Å²) in [5.74, 6) is 2.18. The number of rotatable bonds is 11. The van der Waals surface area contributed by atoms with Crippen molar-refractivity contribution in [2.75, 3.05) is 33.7 Å². The SMILES string of the molecule is COCCn1c(SCC(=O)NCc2ccc(OC)c(OC)c2)nnc1-c1cccc(C)c1. The van der Waals surface area contributed by atoms with Crippen LogP contribution in [0.1, 0.15) is 11.1 Å². The molecule has 0 aliphatic rings. The Morgan fingerprint density at radius 2 is 1.88 bits per heavy atom. The fourth-order valence-corrected chi connectivity index (χ4v) is 3.94. The number of hydrogen-bond donors (Lipinski definition) is 1. The number of aromatic nitrogens is 3. The van der Waals surface area contributed by atoms with E-state index < -0.39 is 0 Å². The first-order valence-corrected chi connectivity index (χ1v) is 11.1. The van der Waals surface area contributed by atoms with Gasteiger partial charge in [0.2, 0.25) is 5.91 Å². The van der Waals surface area contributed by atoms with Crippen LogP contribution in [-0.4, -0.2) is 54.4 Å². The minimum atomic E-state index is -0.0943. The van der Waals surface area contributed by atoms with E-state index in [0.29, 0.717) is 36.4 Å². The highest BCUT2D eigenvalue weighted by atomic mass is 32.2. The van der Waals surface area contributed by atoms with Gasteiger partial charge in [-0.3, -0.25) is 9.36 Å². The number of hydrogen-bond acceptors (Lipinski definition) is 7. The van der Waals surface area contributed by atoms with Crippen molar-refractivity contribution in [2.45, 2.75) is 25.2 Å². The zero-order chi connectivity index (χ0) is 22.9. The Kier molecular flexibility index (Phi) is 8.52. The molecule has 3 aromatic rings. The Balaban J connectivity index is 1.64. The molecule has 1 amide bonds. The molecule has 2 aromatic carbocycles. The number of aryl methyl sites for hydroxylation is 1. The fraction of sp³-hybridized carbons (Fsp3) is 0.348. The minimum absolute atomic E-state index is 0.0943.